The molecule has 272 valence electrons. The number of anilines is 3. The molecule has 0 fully saturated rings. The zero-order valence-corrected chi connectivity index (χ0v) is 32.0. The van der Waals surface area contributed by atoms with E-state index in [2.05, 4.69) is 179 Å². The maximum Gasteiger partial charge on any atom is 0.227 e. The number of para-hydroxylation sites is 2. The van der Waals surface area contributed by atoms with Crippen LogP contribution in [0.2, 0.25) is 0 Å². The van der Waals surface area contributed by atoms with Crippen LogP contribution in [0.3, 0.4) is 0 Å². The number of thiophene rings is 1. The van der Waals surface area contributed by atoms with E-state index in [0.717, 1.165) is 61.3 Å². The Labute approximate surface area is 338 Å². The lowest BCUT2D eigenvalue weighted by Gasteiger charge is -2.26. The predicted molar refractivity (Wildman–Crippen MR) is 244 cm³/mol. The molecular weight excluding hydrogens is 727 g/mol. The normalized spacial score (nSPS) is 11.8. The molecule has 3 heterocycles. The van der Waals surface area contributed by atoms with Crippen LogP contribution in [-0.2, 0) is 0 Å². The molecule has 5 heteroatoms. The van der Waals surface area contributed by atoms with E-state index in [4.69, 9.17) is 9.40 Å². The topological polar surface area (TPSA) is 34.2 Å². The van der Waals surface area contributed by atoms with Crippen LogP contribution in [0, 0.1) is 0 Å². The number of fused-ring (bicyclic) bond motifs is 9. The molecule has 9 aromatic carbocycles. The molecule has 58 heavy (non-hydrogen) atoms. The van der Waals surface area contributed by atoms with Crippen LogP contribution in [0.1, 0.15) is 0 Å². The SMILES string of the molecule is c1ccc(-c2nc3ccc4cc(-c5ccc(N(c6ccc7sc8ccccc8c7c6)c6ccc7c(c6)c6ccccc6n7-c6ccccc6)cc5)ccc4c3o2)cc1. The molecular formula is C53H33N3OS. The fourth-order valence-electron chi connectivity index (χ4n) is 8.66. The molecule has 0 radical (unpaired) electrons. The van der Waals surface area contributed by atoms with Gasteiger partial charge in [0.15, 0.2) is 5.58 Å². The van der Waals surface area contributed by atoms with Crippen molar-refractivity contribution in [2.75, 3.05) is 4.90 Å². The highest BCUT2D eigenvalue weighted by molar-refractivity contribution is 7.25. The third-order valence-corrected chi connectivity index (χ3v) is 12.5. The Morgan fingerprint density at radius 2 is 1.09 bits per heavy atom. The number of hydrogen-bond acceptors (Lipinski definition) is 4. The fourth-order valence-corrected chi connectivity index (χ4v) is 9.74. The summed E-state index contributed by atoms with van der Waals surface area (Å²) >= 11 is 1.85. The van der Waals surface area contributed by atoms with Crippen molar-refractivity contribution in [2.24, 2.45) is 0 Å². The Hall–Kier alpha value is -7.47. The third-order valence-electron chi connectivity index (χ3n) is 11.4. The quantitative estimate of drug-likeness (QED) is 0.169. The average Bonchev–Trinajstić information content (AvgIpc) is 3.99. The highest BCUT2D eigenvalue weighted by Crippen LogP contribution is 2.43. The van der Waals surface area contributed by atoms with Crippen LogP contribution in [0.15, 0.2) is 205 Å². The van der Waals surface area contributed by atoms with Gasteiger partial charge in [-0.05, 0) is 120 Å². The molecule has 0 saturated heterocycles. The second-order valence-electron chi connectivity index (χ2n) is 14.8. The highest BCUT2D eigenvalue weighted by atomic mass is 32.1. The van der Waals surface area contributed by atoms with Crippen molar-refractivity contribution in [2.45, 2.75) is 0 Å². The number of nitrogens with zero attached hydrogens (tertiary/aromatic N) is 3. The van der Waals surface area contributed by atoms with Gasteiger partial charge in [-0.1, -0.05) is 97.1 Å². The minimum absolute atomic E-state index is 0.639. The summed E-state index contributed by atoms with van der Waals surface area (Å²) in [4.78, 5) is 7.19. The van der Waals surface area contributed by atoms with Gasteiger partial charge in [-0.2, -0.15) is 0 Å². The van der Waals surface area contributed by atoms with Crippen molar-refractivity contribution < 1.29 is 4.42 Å². The van der Waals surface area contributed by atoms with E-state index in [-0.39, 0.29) is 0 Å². The molecule has 0 unspecified atom stereocenters. The number of oxazole rings is 1. The van der Waals surface area contributed by atoms with Crippen LogP contribution < -0.4 is 4.90 Å². The Morgan fingerprint density at radius 3 is 1.93 bits per heavy atom. The summed E-state index contributed by atoms with van der Waals surface area (Å²) in [5, 5.41) is 7.18. The summed E-state index contributed by atoms with van der Waals surface area (Å²) in [6, 6.07) is 71.7. The minimum Gasteiger partial charge on any atom is -0.435 e. The molecule has 0 spiro atoms. The molecule has 0 saturated carbocycles. The van der Waals surface area contributed by atoms with E-state index < -0.39 is 0 Å². The molecule has 12 rings (SSSR count). The van der Waals surface area contributed by atoms with Crippen molar-refractivity contribution in [1.82, 2.24) is 9.55 Å². The lowest BCUT2D eigenvalue weighted by Crippen LogP contribution is -2.09. The number of hydrogen-bond donors (Lipinski definition) is 0. The molecule has 0 amide bonds. The molecule has 0 atom stereocenters. The van der Waals surface area contributed by atoms with E-state index in [1.807, 2.05) is 41.7 Å². The summed E-state index contributed by atoms with van der Waals surface area (Å²) in [5.41, 5.74) is 11.8. The van der Waals surface area contributed by atoms with E-state index >= 15 is 0 Å². The molecule has 4 nitrogen and oxygen atoms in total. The summed E-state index contributed by atoms with van der Waals surface area (Å²) in [7, 11) is 0. The maximum atomic E-state index is 6.34. The fraction of sp³-hybridized carbons (Fsp3) is 0. The van der Waals surface area contributed by atoms with Gasteiger partial charge in [0.05, 0.1) is 11.0 Å². The van der Waals surface area contributed by atoms with Gasteiger partial charge in [0.25, 0.3) is 0 Å². The first kappa shape index (κ1) is 32.7. The lowest BCUT2D eigenvalue weighted by atomic mass is 10.00. The monoisotopic (exact) mass is 759 g/mol. The number of benzene rings is 9. The highest BCUT2D eigenvalue weighted by Gasteiger charge is 2.19. The molecule has 0 aliphatic heterocycles. The van der Waals surface area contributed by atoms with Crippen molar-refractivity contribution in [3.8, 4) is 28.3 Å². The first-order chi connectivity index (χ1) is 28.7. The van der Waals surface area contributed by atoms with E-state index in [1.165, 1.54) is 42.0 Å². The van der Waals surface area contributed by atoms with E-state index in [1.54, 1.807) is 0 Å². The Morgan fingerprint density at radius 1 is 0.431 bits per heavy atom. The van der Waals surface area contributed by atoms with Crippen LogP contribution in [0.25, 0.3) is 92.1 Å². The summed E-state index contributed by atoms with van der Waals surface area (Å²) in [5.74, 6) is 0.639. The van der Waals surface area contributed by atoms with Crippen molar-refractivity contribution >= 4 is 92.2 Å². The second-order valence-corrected chi connectivity index (χ2v) is 15.9. The van der Waals surface area contributed by atoms with Gasteiger partial charge in [-0.3, -0.25) is 0 Å². The van der Waals surface area contributed by atoms with Crippen LogP contribution >= 0.6 is 11.3 Å². The molecule has 0 bridgehead atoms. The molecule has 12 aromatic rings. The molecule has 0 N–H and O–H groups in total. The third kappa shape index (κ3) is 5.25. The van der Waals surface area contributed by atoms with Crippen molar-refractivity contribution in [3.63, 3.8) is 0 Å². The van der Waals surface area contributed by atoms with E-state index in [9.17, 15) is 0 Å². The van der Waals surface area contributed by atoms with Gasteiger partial charge in [-0.25, -0.2) is 4.98 Å². The summed E-state index contributed by atoms with van der Waals surface area (Å²) in [6.07, 6.45) is 0. The molecule has 0 aliphatic rings. The standard InChI is InChI=1S/C53H33N3OS/c1-3-11-35(12-4-1)53-54-47-28-22-37-31-36(21-27-42(37)52(47)57-53)34-19-23-39(24-20-34)55(41-26-30-51-46(33-41)44-16-8-10-18-50(44)58-51)40-25-29-49-45(32-40)43-15-7-9-17-48(43)56(49)38-13-5-2-6-14-38/h1-33H. The second kappa shape index (κ2) is 13.1. The molecule has 3 aromatic heterocycles. The smallest absolute Gasteiger partial charge is 0.227 e. The van der Waals surface area contributed by atoms with Crippen LogP contribution in [0.4, 0.5) is 17.1 Å². The van der Waals surface area contributed by atoms with E-state index in [0.29, 0.717) is 5.89 Å². The number of rotatable bonds is 6. The minimum atomic E-state index is 0.639. The number of aromatic nitrogens is 2. The Kier molecular flexibility index (Phi) is 7.37. The zero-order chi connectivity index (χ0) is 38.2. The van der Waals surface area contributed by atoms with Crippen LogP contribution in [0.5, 0.6) is 0 Å². The zero-order valence-electron chi connectivity index (χ0n) is 31.2. The summed E-state index contributed by atoms with van der Waals surface area (Å²) < 4.78 is 11.3. The van der Waals surface area contributed by atoms with Crippen molar-refractivity contribution in [3.05, 3.63) is 200 Å². The molecule has 0 aliphatic carbocycles. The van der Waals surface area contributed by atoms with Gasteiger partial charge >= 0.3 is 0 Å². The largest absolute Gasteiger partial charge is 0.435 e. The van der Waals surface area contributed by atoms with Gasteiger partial charge in [0, 0.05) is 64.6 Å². The lowest BCUT2D eigenvalue weighted by molar-refractivity contribution is 0.623. The maximum absolute atomic E-state index is 6.34. The van der Waals surface area contributed by atoms with Crippen LogP contribution in [-0.4, -0.2) is 9.55 Å². The Bertz CT molecular complexity index is 3510. The summed E-state index contributed by atoms with van der Waals surface area (Å²) in [6.45, 7) is 0. The average molecular weight is 760 g/mol. The van der Waals surface area contributed by atoms with Crippen molar-refractivity contribution in [1.29, 1.82) is 0 Å². The first-order valence-corrected chi connectivity index (χ1v) is 20.3. The Balaban J connectivity index is 0.984. The van der Waals surface area contributed by atoms with Gasteiger partial charge < -0.3 is 13.9 Å². The van der Waals surface area contributed by atoms with Gasteiger partial charge in [-0.15, -0.1) is 11.3 Å². The van der Waals surface area contributed by atoms with Gasteiger partial charge in [0.2, 0.25) is 5.89 Å². The first-order valence-electron chi connectivity index (χ1n) is 19.5. The predicted octanol–water partition coefficient (Wildman–Crippen LogP) is 15.2. The van der Waals surface area contributed by atoms with Gasteiger partial charge in [0.1, 0.15) is 5.52 Å².